The van der Waals surface area contributed by atoms with Gasteiger partial charge in [-0.05, 0) is 104 Å². The summed E-state index contributed by atoms with van der Waals surface area (Å²) in [5.74, 6) is -0.500. The summed E-state index contributed by atoms with van der Waals surface area (Å²) < 4.78 is 46.8. The molecule has 0 bridgehead atoms. The van der Waals surface area contributed by atoms with E-state index in [1.54, 1.807) is 30.5 Å². The zero-order valence-corrected chi connectivity index (χ0v) is 35.8. The Hall–Kier alpha value is -5.52. The fourth-order valence-corrected chi connectivity index (χ4v) is 9.97. The molecule has 2 saturated heterocycles. The van der Waals surface area contributed by atoms with Gasteiger partial charge in [-0.1, -0.05) is 29.3 Å². The van der Waals surface area contributed by atoms with E-state index in [2.05, 4.69) is 48.9 Å². The average molecular weight is 882 g/mol. The van der Waals surface area contributed by atoms with Gasteiger partial charge in [-0.25, -0.2) is 18.1 Å². The summed E-state index contributed by atoms with van der Waals surface area (Å²) in [7, 11) is -4.58. The van der Waals surface area contributed by atoms with Gasteiger partial charge in [0.05, 0.1) is 47.5 Å². The largest absolute Gasteiger partial charge is 0.455 e. The second-order valence-corrected chi connectivity index (χ2v) is 18.8. The number of hydrogen-bond donors (Lipinski definition) is 3. The van der Waals surface area contributed by atoms with Gasteiger partial charge in [-0.15, -0.1) is 0 Å². The quantitative estimate of drug-likeness (QED) is 0.0773. The number of nitro groups is 1. The van der Waals surface area contributed by atoms with Crippen LogP contribution in [0.25, 0.3) is 16.6 Å². The monoisotopic (exact) mass is 881 g/mol. The lowest BCUT2D eigenvalue weighted by atomic mass is 9.78. The highest BCUT2D eigenvalue weighted by Gasteiger charge is 2.45. The van der Waals surface area contributed by atoms with Crippen LogP contribution in [0.4, 0.5) is 17.1 Å². The molecular formula is C45H48ClN7O8S. The van der Waals surface area contributed by atoms with Crippen molar-refractivity contribution >= 4 is 61.2 Å². The van der Waals surface area contributed by atoms with Gasteiger partial charge in [0.25, 0.3) is 21.6 Å². The van der Waals surface area contributed by atoms with E-state index >= 15 is 0 Å². The molecule has 0 radical (unpaired) electrons. The normalized spacial score (nSPS) is 20.3. The number of halogens is 1. The molecule has 324 valence electrons. The third kappa shape index (κ3) is 9.15. The fourth-order valence-electron chi connectivity index (χ4n) is 8.85. The van der Waals surface area contributed by atoms with Crippen LogP contribution in [0.3, 0.4) is 0 Å². The summed E-state index contributed by atoms with van der Waals surface area (Å²) in [6.07, 6.45) is 9.01. The number of ether oxygens (including phenoxy) is 3. The predicted octanol–water partition coefficient (Wildman–Crippen LogP) is 7.79. The molecule has 3 fully saturated rings. The van der Waals surface area contributed by atoms with Crippen LogP contribution >= 0.6 is 11.6 Å². The second kappa shape index (κ2) is 17.3. The van der Waals surface area contributed by atoms with Crippen LogP contribution in [0, 0.1) is 15.5 Å². The average Bonchev–Trinajstić information content (AvgIpc) is 3.84. The Kier molecular flexibility index (Phi) is 11.7. The summed E-state index contributed by atoms with van der Waals surface area (Å²) >= 11 is 6.25. The SMILES string of the molecule is C[C@@H]1CN(c2ccc(C(=O)NS(=O)(=O)c3ccc(NCC4COCCO4)c([N+](=O)[O-])c3)c(Oc3cnc4[nH]ccc4c3)c2)CCN1CC1=C(c2ccc(Cl)cc2)CCC2(CC2)C1. The molecule has 2 aliphatic carbocycles. The van der Waals surface area contributed by atoms with Gasteiger partial charge in [0.15, 0.2) is 0 Å². The van der Waals surface area contributed by atoms with Crippen molar-refractivity contribution in [3.8, 4) is 11.5 Å². The Morgan fingerprint density at radius 2 is 1.90 bits per heavy atom. The highest BCUT2D eigenvalue weighted by atomic mass is 35.5. The lowest BCUT2D eigenvalue weighted by Crippen LogP contribution is -2.52. The van der Waals surface area contributed by atoms with E-state index in [1.165, 1.54) is 54.3 Å². The molecule has 4 heterocycles. The van der Waals surface area contributed by atoms with Crippen molar-refractivity contribution in [3.63, 3.8) is 0 Å². The number of carbonyl (C=O) groups is 1. The number of hydrogen-bond acceptors (Lipinski definition) is 12. The molecule has 2 aromatic heterocycles. The Labute approximate surface area is 364 Å². The van der Waals surface area contributed by atoms with Crippen molar-refractivity contribution < 1.29 is 32.3 Å². The number of nitro benzene ring substituents is 1. The van der Waals surface area contributed by atoms with Crippen molar-refractivity contribution in [3.05, 3.63) is 117 Å². The lowest BCUT2D eigenvalue weighted by molar-refractivity contribution is -0.384. The predicted molar refractivity (Wildman–Crippen MR) is 237 cm³/mol. The van der Waals surface area contributed by atoms with Crippen LogP contribution in [0.5, 0.6) is 11.5 Å². The van der Waals surface area contributed by atoms with Gasteiger partial charge in [-0.2, -0.15) is 0 Å². The summed E-state index contributed by atoms with van der Waals surface area (Å²) in [5, 5.41) is 16.5. The van der Waals surface area contributed by atoms with E-state index in [9.17, 15) is 23.3 Å². The molecule has 1 spiro atoms. The number of nitrogens with zero attached hydrogens (tertiary/aromatic N) is 4. The summed E-state index contributed by atoms with van der Waals surface area (Å²) in [6.45, 7) is 6.81. The topological polar surface area (TPSA) is 181 Å². The highest BCUT2D eigenvalue weighted by molar-refractivity contribution is 7.90. The van der Waals surface area contributed by atoms with Gasteiger partial charge >= 0.3 is 0 Å². The Bertz CT molecular complexity index is 2640. The number of pyridine rings is 1. The zero-order valence-electron chi connectivity index (χ0n) is 34.3. The van der Waals surface area contributed by atoms with Gasteiger partial charge in [0.2, 0.25) is 0 Å². The van der Waals surface area contributed by atoms with Crippen molar-refractivity contribution in [2.24, 2.45) is 5.41 Å². The number of H-pyrrole nitrogens is 1. The molecule has 1 amide bonds. The Morgan fingerprint density at radius 3 is 2.66 bits per heavy atom. The van der Waals surface area contributed by atoms with E-state index in [1.807, 2.05) is 18.2 Å². The summed E-state index contributed by atoms with van der Waals surface area (Å²) in [4.78, 5) is 37.2. The molecule has 3 N–H and O–H groups in total. The first kappa shape index (κ1) is 41.8. The first-order chi connectivity index (χ1) is 29.9. The minimum absolute atomic E-state index is 0.0476. The lowest BCUT2D eigenvalue weighted by Gasteiger charge is -2.42. The maximum atomic E-state index is 14.0. The van der Waals surface area contributed by atoms with Crippen LogP contribution in [0.1, 0.15) is 54.9 Å². The van der Waals surface area contributed by atoms with Crippen LogP contribution in [-0.4, -0.2) is 98.8 Å². The first-order valence-electron chi connectivity index (χ1n) is 20.9. The van der Waals surface area contributed by atoms with E-state index in [0.29, 0.717) is 36.6 Å². The van der Waals surface area contributed by atoms with Crippen molar-refractivity contribution in [1.29, 1.82) is 0 Å². The number of nitrogens with one attached hydrogen (secondary N) is 3. The summed E-state index contributed by atoms with van der Waals surface area (Å²) in [5.41, 5.74) is 5.73. The van der Waals surface area contributed by atoms with E-state index in [0.717, 1.165) is 61.2 Å². The van der Waals surface area contributed by atoms with E-state index in [-0.39, 0.29) is 35.7 Å². The number of rotatable bonds is 13. The number of piperazine rings is 1. The van der Waals surface area contributed by atoms with Gasteiger partial charge in [-0.3, -0.25) is 19.8 Å². The number of fused-ring (bicyclic) bond motifs is 1. The number of sulfonamides is 1. The third-order valence-electron chi connectivity index (χ3n) is 12.5. The standard InChI is InChI=1S/C45H48ClN7O8S/c1-29-26-52(17-16-51(29)27-32-23-45(13-14-45)12-10-38(32)30-2-4-33(46)5-3-30)34-6-8-39(42(21-34)61-35-20-31-11-15-47-43(31)49-24-35)44(54)50-62(57,58)37-7-9-40(41(22-37)53(55)56)48-25-36-28-59-18-19-60-36/h2-9,11,15,20-22,24,29,36,48H,10,12-14,16-19,23,25-28H2,1H3,(H,47,49)(H,50,54)/t29-,36?/m1/s1. The van der Waals surface area contributed by atoms with Crippen molar-refractivity contribution in [2.45, 2.75) is 56.1 Å². The molecule has 2 aliphatic heterocycles. The smallest absolute Gasteiger partial charge is 0.293 e. The molecule has 9 rings (SSSR count). The molecule has 1 unspecified atom stereocenters. The number of benzene rings is 3. The molecule has 2 atom stereocenters. The number of aromatic nitrogens is 2. The van der Waals surface area contributed by atoms with Gasteiger partial charge < -0.3 is 29.4 Å². The third-order valence-corrected chi connectivity index (χ3v) is 14.1. The Morgan fingerprint density at radius 1 is 1.06 bits per heavy atom. The molecule has 3 aromatic carbocycles. The number of amides is 1. The van der Waals surface area contributed by atoms with Crippen LogP contribution < -0.4 is 19.7 Å². The molecule has 15 nitrogen and oxygen atoms in total. The number of allylic oxidation sites excluding steroid dienone is 1. The van der Waals surface area contributed by atoms with Gasteiger partial charge in [0.1, 0.15) is 22.8 Å². The Balaban J connectivity index is 0.943. The molecule has 4 aliphatic rings. The van der Waals surface area contributed by atoms with E-state index in [4.69, 9.17) is 25.8 Å². The zero-order chi connectivity index (χ0) is 43.0. The molecule has 17 heteroatoms. The fraction of sp³-hybridized carbons (Fsp3) is 0.378. The number of carbonyl (C=O) groups excluding carboxylic acids is 1. The van der Waals surface area contributed by atoms with Crippen molar-refractivity contribution in [2.75, 3.05) is 62.8 Å². The van der Waals surface area contributed by atoms with Crippen molar-refractivity contribution in [1.82, 2.24) is 19.6 Å². The van der Waals surface area contributed by atoms with E-state index < -0.39 is 31.4 Å². The summed E-state index contributed by atoms with van der Waals surface area (Å²) in [6, 6.07) is 20.6. The maximum absolute atomic E-state index is 14.0. The minimum Gasteiger partial charge on any atom is -0.455 e. The highest BCUT2D eigenvalue weighted by Crippen LogP contribution is 2.58. The number of aromatic amines is 1. The molecule has 62 heavy (non-hydrogen) atoms. The first-order valence-corrected chi connectivity index (χ1v) is 22.8. The van der Waals surface area contributed by atoms with Crippen LogP contribution in [0.2, 0.25) is 5.02 Å². The number of anilines is 2. The minimum atomic E-state index is -4.58. The van der Waals surface area contributed by atoms with Gasteiger partial charge in [0, 0.05) is 73.2 Å². The molecule has 1 saturated carbocycles. The van der Waals surface area contributed by atoms with Crippen LogP contribution in [-0.2, 0) is 19.5 Å². The molecule has 5 aromatic rings. The van der Waals surface area contributed by atoms with Crippen LogP contribution in [0.15, 0.2) is 95.7 Å². The molecular weight excluding hydrogens is 834 g/mol. The second-order valence-electron chi connectivity index (χ2n) is 16.7. The maximum Gasteiger partial charge on any atom is 0.293 e.